The third kappa shape index (κ3) is 4.40. The zero-order chi connectivity index (χ0) is 21.3. The Labute approximate surface area is 171 Å². The standard InChI is InChI=1S/C19H22F2N6O3/c1-11(2)30-18-14(17(28)22-15-3-5-27(24-15)19(20)21)7-13-9-26(25-16(13)23-18)8-12-4-6-29-10-12/h3,5,7,9,11-12,19H,4,6,8,10H2,1-2H3,(H,22,24,28)/t12-/m0/s1. The number of carbonyl (C=O) groups is 1. The quantitative estimate of drug-likeness (QED) is 0.631. The molecule has 0 bridgehead atoms. The fourth-order valence-corrected chi connectivity index (χ4v) is 3.25. The van der Waals surface area contributed by atoms with Crippen molar-refractivity contribution in [3.63, 3.8) is 0 Å². The van der Waals surface area contributed by atoms with E-state index in [2.05, 4.69) is 20.5 Å². The molecule has 4 rings (SSSR count). The van der Waals surface area contributed by atoms with Gasteiger partial charge in [-0.25, -0.2) is 4.68 Å². The van der Waals surface area contributed by atoms with Gasteiger partial charge in [0.15, 0.2) is 11.5 Å². The molecule has 9 nitrogen and oxygen atoms in total. The van der Waals surface area contributed by atoms with E-state index >= 15 is 0 Å². The molecule has 11 heteroatoms. The van der Waals surface area contributed by atoms with Crippen LogP contribution in [0.15, 0.2) is 24.5 Å². The number of anilines is 1. The van der Waals surface area contributed by atoms with Crippen molar-refractivity contribution in [2.45, 2.75) is 39.5 Å². The predicted molar refractivity (Wildman–Crippen MR) is 104 cm³/mol. The summed E-state index contributed by atoms with van der Waals surface area (Å²) in [7, 11) is 0. The molecular formula is C19H22F2N6O3. The zero-order valence-corrected chi connectivity index (χ0v) is 16.6. The van der Waals surface area contributed by atoms with Crippen LogP contribution in [0.25, 0.3) is 11.0 Å². The highest BCUT2D eigenvalue weighted by molar-refractivity contribution is 6.07. The Balaban J connectivity index is 1.62. The third-order valence-electron chi connectivity index (χ3n) is 4.62. The first-order valence-corrected chi connectivity index (χ1v) is 9.66. The average Bonchev–Trinajstić information content (AvgIpc) is 3.41. The van der Waals surface area contributed by atoms with Gasteiger partial charge >= 0.3 is 6.55 Å². The summed E-state index contributed by atoms with van der Waals surface area (Å²) in [6.07, 6.45) is 3.66. The number of rotatable bonds is 7. The van der Waals surface area contributed by atoms with Crippen molar-refractivity contribution >= 4 is 22.8 Å². The van der Waals surface area contributed by atoms with E-state index in [0.717, 1.165) is 19.2 Å². The van der Waals surface area contributed by atoms with Crippen LogP contribution in [-0.4, -0.2) is 49.8 Å². The van der Waals surface area contributed by atoms with Crippen molar-refractivity contribution < 1.29 is 23.0 Å². The molecule has 3 aromatic rings. The maximum atomic E-state index is 12.8. The topological polar surface area (TPSA) is 96.1 Å². The number of amides is 1. The normalized spacial score (nSPS) is 16.7. The highest BCUT2D eigenvalue weighted by Gasteiger charge is 2.21. The van der Waals surface area contributed by atoms with Crippen LogP contribution >= 0.6 is 0 Å². The summed E-state index contributed by atoms with van der Waals surface area (Å²) in [5.74, 6) is -0.0412. The van der Waals surface area contributed by atoms with E-state index in [1.807, 2.05) is 20.0 Å². The SMILES string of the molecule is CC(C)Oc1nc2nn(C[C@@H]3CCOC3)cc2cc1C(=O)Nc1ccn(C(F)F)n1. The van der Waals surface area contributed by atoms with Crippen LogP contribution in [0, 0.1) is 5.92 Å². The second-order valence-electron chi connectivity index (χ2n) is 7.41. The van der Waals surface area contributed by atoms with E-state index in [9.17, 15) is 13.6 Å². The lowest BCUT2D eigenvalue weighted by Gasteiger charge is -2.12. The van der Waals surface area contributed by atoms with Gasteiger partial charge in [-0.1, -0.05) is 0 Å². The summed E-state index contributed by atoms with van der Waals surface area (Å²) >= 11 is 0. The number of pyridine rings is 1. The van der Waals surface area contributed by atoms with Crippen LogP contribution in [0.4, 0.5) is 14.6 Å². The summed E-state index contributed by atoms with van der Waals surface area (Å²) in [4.78, 5) is 17.2. The lowest BCUT2D eigenvalue weighted by atomic mass is 10.1. The molecule has 160 valence electrons. The van der Waals surface area contributed by atoms with Crippen molar-refractivity contribution in [2.24, 2.45) is 5.92 Å². The van der Waals surface area contributed by atoms with Gasteiger partial charge in [0.2, 0.25) is 5.88 Å². The number of nitrogens with zero attached hydrogens (tertiary/aromatic N) is 5. The minimum Gasteiger partial charge on any atom is -0.474 e. The van der Waals surface area contributed by atoms with Gasteiger partial charge in [-0.3, -0.25) is 9.48 Å². The first kappa shape index (κ1) is 20.2. The summed E-state index contributed by atoms with van der Waals surface area (Å²) < 4.78 is 38.8. The smallest absolute Gasteiger partial charge is 0.333 e. The molecule has 1 N–H and O–H groups in total. The van der Waals surface area contributed by atoms with E-state index in [4.69, 9.17) is 9.47 Å². The van der Waals surface area contributed by atoms with Crippen molar-refractivity contribution in [3.05, 3.63) is 30.1 Å². The van der Waals surface area contributed by atoms with Gasteiger partial charge < -0.3 is 14.8 Å². The van der Waals surface area contributed by atoms with E-state index in [1.54, 1.807) is 10.7 Å². The van der Waals surface area contributed by atoms with Gasteiger partial charge in [0.1, 0.15) is 5.56 Å². The molecule has 0 aromatic carbocycles. The minimum atomic E-state index is -2.79. The molecular weight excluding hydrogens is 398 g/mol. The molecule has 4 heterocycles. The number of carbonyl (C=O) groups excluding carboxylic acids is 1. The second-order valence-corrected chi connectivity index (χ2v) is 7.41. The van der Waals surface area contributed by atoms with Gasteiger partial charge in [0.25, 0.3) is 5.91 Å². The first-order chi connectivity index (χ1) is 14.4. The molecule has 30 heavy (non-hydrogen) atoms. The molecule has 0 unspecified atom stereocenters. The molecule has 1 fully saturated rings. The Morgan fingerprint density at radius 3 is 2.90 bits per heavy atom. The molecule has 0 saturated carbocycles. The molecule has 1 amide bonds. The van der Waals surface area contributed by atoms with E-state index in [1.165, 1.54) is 6.07 Å². The van der Waals surface area contributed by atoms with Crippen LogP contribution < -0.4 is 10.1 Å². The molecule has 0 spiro atoms. The zero-order valence-electron chi connectivity index (χ0n) is 16.6. The number of alkyl halides is 2. The van der Waals surface area contributed by atoms with Gasteiger partial charge in [0, 0.05) is 42.9 Å². The number of fused-ring (bicyclic) bond motifs is 1. The van der Waals surface area contributed by atoms with Crippen molar-refractivity contribution in [3.8, 4) is 5.88 Å². The third-order valence-corrected chi connectivity index (χ3v) is 4.62. The lowest BCUT2D eigenvalue weighted by molar-refractivity contribution is 0.0568. The lowest BCUT2D eigenvalue weighted by Crippen LogP contribution is -2.17. The van der Waals surface area contributed by atoms with Crippen LogP contribution in [0.1, 0.15) is 37.2 Å². The van der Waals surface area contributed by atoms with Crippen LogP contribution in [0.5, 0.6) is 5.88 Å². The van der Waals surface area contributed by atoms with Crippen LogP contribution in [0.3, 0.4) is 0 Å². The Morgan fingerprint density at radius 2 is 2.23 bits per heavy atom. The van der Waals surface area contributed by atoms with E-state index in [0.29, 0.717) is 34.8 Å². The monoisotopic (exact) mass is 420 g/mol. The van der Waals surface area contributed by atoms with Gasteiger partial charge in [-0.05, 0) is 26.3 Å². The van der Waals surface area contributed by atoms with Gasteiger partial charge in [-0.2, -0.15) is 24.0 Å². The highest BCUT2D eigenvalue weighted by atomic mass is 19.3. The number of halogens is 2. The average molecular weight is 420 g/mol. The Morgan fingerprint density at radius 1 is 1.40 bits per heavy atom. The molecule has 0 radical (unpaired) electrons. The molecule has 1 atom stereocenters. The fraction of sp³-hybridized carbons (Fsp3) is 0.474. The van der Waals surface area contributed by atoms with Crippen LogP contribution in [0.2, 0.25) is 0 Å². The van der Waals surface area contributed by atoms with Crippen molar-refractivity contribution in [2.75, 3.05) is 18.5 Å². The largest absolute Gasteiger partial charge is 0.474 e. The summed E-state index contributed by atoms with van der Waals surface area (Å²) in [5, 5.41) is 11.3. The number of aromatic nitrogens is 5. The molecule has 1 saturated heterocycles. The Hall–Kier alpha value is -3.08. The number of hydrogen-bond acceptors (Lipinski definition) is 6. The van der Waals surface area contributed by atoms with E-state index in [-0.39, 0.29) is 23.4 Å². The van der Waals surface area contributed by atoms with Crippen LogP contribution in [-0.2, 0) is 11.3 Å². The van der Waals surface area contributed by atoms with E-state index < -0.39 is 12.5 Å². The van der Waals surface area contributed by atoms with Crippen molar-refractivity contribution in [1.82, 2.24) is 24.5 Å². The van der Waals surface area contributed by atoms with Gasteiger partial charge in [0.05, 0.1) is 12.7 Å². The summed E-state index contributed by atoms with van der Waals surface area (Å²) in [5.41, 5.74) is 0.634. The fourth-order valence-electron chi connectivity index (χ4n) is 3.25. The minimum absolute atomic E-state index is 0.00724. The number of ether oxygens (including phenoxy) is 2. The molecule has 1 aliphatic rings. The Kier molecular flexibility index (Phi) is 5.62. The molecule has 3 aromatic heterocycles. The maximum absolute atomic E-state index is 12.8. The summed E-state index contributed by atoms with van der Waals surface area (Å²) in [6.45, 7) is 2.99. The Bertz CT molecular complexity index is 1040. The van der Waals surface area contributed by atoms with Gasteiger partial charge in [-0.15, -0.1) is 0 Å². The maximum Gasteiger partial charge on any atom is 0.333 e. The van der Waals surface area contributed by atoms with Crippen molar-refractivity contribution in [1.29, 1.82) is 0 Å². The number of hydrogen-bond donors (Lipinski definition) is 1. The number of nitrogens with one attached hydrogen (secondary N) is 1. The highest BCUT2D eigenvalue weighted by Crippen LogP contribution is 2.25. The predicted octanol–water partition coefficient (Wildman–Crippen LogP) is 3.10. The molecule has 1 aliphatic heterocycles. The first-order valence-electron chi connectivity index (χ1n) is 9.66. The second kappa shape index (κ2) is 8.34. The summed E-state index contributed by atoms with van der Waals surface area (Å²) in [6, 6.07) is 2.93. The molecule has 0 aliphatic carbocycles.